The van der Waals surface area contributed by atoms with Gasteiger partial charge in [0.1, 0.15) is 0 Å². The van der Waals surface area contributed by atoms with Gasteiger partial charge in [-0.3, -0.25) is 0 Å². The van der Waals surface area contributed by atoms with Crippen LogP contribution >= 0.6 is 0 Å². The van der Waals surface area contributed by atoms with Crippen molar-refractivity contribution in [2.75, 3.05) is 6.61 Å². The second-order valence-corrected chi connectivity index (χ2v) is 3.59. The van der Waals surface area contributed by atoms with Crippen LogP contribution in [-0.2, 0) is 4.74 Å². The molecule has 1 aliphatic carbocycles. The van der Waals surface area contributed by atoms with E-state index < -0.39 is 0 Å². The average Bonchev–Trinajstić information content (AvgIpc) is 2.00. The van der Waals surface area contributed by atoms with Crippen molar-refractivity contribution >= 4 is 0 Å². The Hall–Kier alpha value is -0.0800. The Labute approximate surface area is 74.9 Å². The zero-order valence-electron chi connectivity index (χ0n) is 7.96. The highest BCUT2D eigenvalue weighted by molar-refractivity contribution is 4.67. The Bertz CT molecular complexity index is 104. The maximum atomic E-state index is 9.39. The molecule has 0 aromatic heterocycles. The van der Waals surface area contributed by atoms with Gasteiger partial charge in [-0.05, 0) is 45.4 Å². The summed E-state index contributed by atoms with van der Waals surface area (Å²) in [5, 5.41) is 9.39. The monoisotopic (exact) mass is 172 g/mol. The molecule has 0 radical (unpaired) electrons. The van der Waals surface area contributed by atoms with E-state index in [9.17, 15) is 5.11 Å². The second-order valence-electron chi connectivity index (χ2n) is 3.59. The largest absolute Gasteiger partial charge is 0.393 e. The van der Waals surface area contributed by atoms with Gasteiger partial charge < -0.3 is 9.84 Å². The summed E-state index contributed by atoms with van der Waals surface area (Å²) in [6, 6.07) is 0. The highest BCUT2D eigenvalue weighted by atomic mass is 16.5. The van der Waals surface area contributed by atoms with Crippen molar-refractivity contribution in [3.63, 3.8) is 0 Å². The van der Waals surface area contributed by atoms with Gasteiger partial charge in [0.25, 0.3) is 0 Å². The van der Waals surface area contributed by atoms with Gasteiger partial charge in [-0.2, -0.15) is 0 Å². The van der Waals surface area contributed by atoms with Crippen LogP contribution in [0.5, 0.6) is 0 Å². The van der Waals surface area contributed by atoms with Crippen molar-refractivity contribution in [2.45, 2.75) is 57.7 Å². The van der Waals surface area contributed by atoms with Gasteiger partial charge in [0.05, 0.1) is 12.2 Å². The fraction of sp³-hybridized carbons (Fsp3) is 1.00. The molecule has 1 saturated carbocycles. The number of ether oxygens (including phenoxy) is 1. The van der Waals surface area contributed by atoms with Crippen LogP contribution in [0.3, 0.4) is 0 Å². The van der Waals surface area contributed by atoms with E-state index in [-0.39, 0.29) is 6.10 Å². The first-order valence-corrected chi connectivity index (χ1v) is 5.12. The van der Waals surface area contributed by atoms with Gasteiger partial charge >= 0.3 is 0 Å². The van der Waals surface area contributed by atoms with Crippen LogP contribution in [0.1, 0.15) is 45.4 Å². The van der Waals surface area contributed by atoms with Crippen LogP contribution in [0.25, 0.3) is 0 Å². The van der Waals surface area contributed by atoms with Gasteiger partial charge in [0.15, 0.2) is 0 Å². The molecule has 1 fully saturated rings. The SMILES string of the molecule is CCOC1CCCC(O)CCC1. The molecule has 0 bridgehead atoms. The molecule has 0 atom stereocenters. The zero-order chi connectivity index (χ0) is 8.81. The van der Waals surface area contributed by atoms with E-state index >= 15 is 0 Å². The molecular weight excluding hydrogens is 152 g/mol. The van der Waals surface area contributed by atoms with Crippen LogP contribution in [0.15, 0.2) is 0 Å². The molecule has 0 aromatic carbocycles. The van der Waals surface area contributed by atoms with Gasteiger partial charge in [-0.25, -0.2) is 0 Å². The van der Waals surface area contributed by atoms with Crippen LogP contribution < -0.4 is 0 Å². The minimum Gasteiger partial charge on any atom is -0.393 e. The standard InChI is InChI=1S/C10H20O2/c1-2-12-10-7-3-5-9(11)6-4-8-10/h9-11H,2-8H2,1H3. The first kappa shape index (κ1) is 10.0. The highest BCUT2D eigenvalue weighted by Gasteiger charge is 2.14. The van der Waals surface area contributed by atoms with Crippen LogP contribution in [0.4, 0.5) is 0 Å². The Balaban J connectivity index is 2.20. The molecule has 0 saturated heterocycles. The maximum Gasteiger partial charge on any atom is 0.0575 e. The smallest absolute Gasteiger partial charge is 0.0575 e. The second kappa shape index (κ2) is 5.55. The quantitative estimate of drug-likeness (QED) is 0.691. The lowest BCUT2D eigenvalue weighted by molar-refractivity contribution is 0.0318. The molecule has 2 heteroatoms. The molecule has 0 aliphatic heterocycles. The van der Waals surface area contributed by atoms with E-state index in [0.29, 0.717) is 6.10 Å². The average molecular weight is 172 g/mol. The Morgan fingerprint density at radius 2 is 1.75 bits per heavy atom. The number of aliphatic hydroxyl groups excluding tert-OH is 1. The minimum absolute atomic E-state index is 0.0485. The van der Waals surface area contributed by atoms with E-state index in [0.717, 1.165) is 45.1 Å². The summed E-state index contributed by atoms with van der Waals surface area (Å²) in [5.74, 6) is 0. The molecule has 12 heavy (non-hydrogen) atoms. The van der Waals surface area contributed by atoms with Gasteiger partial charge in [-0.15, -0.1) is 0 Å². The Kier molecular flexibility index (Phi) is 4.62. The third kappa shape index (κ3) is 3.55. The number of hydrogen-bond donors (Lipinski definition) is 1. The molecule has 0 aromatic rings. The van der Waals surface area contributed by atoms with Crippen molar-refractivity contribution in [3.8, 4) is 0 Å². The summed E-state index contributed by atoms with van der Waals surface area (Å²) in [6.07, 6.45) is 6.83. The topological polar surface area (TPSA) is 29.5 Å². The summed E-state index contributed by atoms with van der Waals surface area (Å²) in [4.78, 5) is 0. The lowest BCUT2D eigenvalue weighted by Crippen LogP contribution is -2.18. The summed E-state index contributed by atoms with van der Waals surface area (Å²) in [7, 11) is 0. The summed E-state index contributed by atoms with van der Waals surface area (Å²) >= 11 is 0. The molecule has 2 nitrogen and oxygen atoms in total. The zero-order valence-corrected chi connectivity index (χ0v) is 7.96. The molecule has 0 amide bonds. The molecular formula is C10H20O2. The summed E-state index contributed by atoms with van der Waals surface area (Å²) in [6.45, 7) is 2.88. The van der Waals surface area contributed by atoms with Gasteiger partial charge in [-0.1, -0.05) is 0 Å². The number of rotatable bonds is 2. The normalized spacial score (nSPS) is 32.5. The van der Waals surface area contributed by atoms with E-state index in [1.54, 1.807) is 0 Å². The Morgan fingerprint density at radius 1 is 1.17 bits per heavy atom. The van der Waals surface area contributed by atoms with Crippen molar-refractivity contribution in [2.24, 2.45) is 0 Å². The van der Waals surface area contributed by atoms with E-state index in [1.807, 2.05) is 6.92 Å². The van der Waals surface area contributed by atoms with Crippen molar-refractivity contribution in [3.05, 3.63) is 0 Å². The predicted octanol–water partition coefficient (Wildman–Crippen LogP) is 2.11. The molecule has 0 spiro atoms. The first-order chi connectivity index (χ1) is 5.83. The molecule has 1 rings (SSSR count). The Morgan fingerprint density at radius 3 is 2.25 bits per heavy atom. The third-order valence-corrected chi connectivity index (χ3v) is 2.53. The van der Waals surface area contributed by atoms with Crippen LogP contribution in [0.2, 0.25) is 0 Å². The fourth-order valence-corrected chi connectivity index (χ4v) is 1.85. The summed E-state index contributed by atoms with van der Waals surface area (Å²) < 4.78 is 5.57. The van der Waals surface area contributed by atoms with Crippen molar-refractivity contribution in [1.82, 2.24) is 0 Å². The molecule has 72 valence electrons. The molecule has 0 heterocycles. The van der Waals surface area contributed by atoms with Gasteiger partial charge in [0.2, 0.25) is 0 Å². The fourth-order valence-electron chi connectivity index (χ4n) is 1.85. The highest BCUT2D eigenvalue weighted by Crippen LogP contribution is 2.19. The van der Waals surface area contributed by atoms with Crippen LogP contribution in [0, 0.1) is 0 Å². The summed E-state index contributed by atoms with van der Waals surface area (Å²) in [5.41, 5.74) is 0. The molecule has 1 N–H and O–H groups in total. The third-order valence-electron chi connectivity index (χ3n) is 2.53. The minimum atomic E-state index is -0.0485. The van der Waals surface area contributed by atoms with E-state index in [4.69, 9.17) is 4.74 Å². The van der Waals surface area contributed by atoms with Crippen LogP contribution in [-0.4, -0.2) is 23.9 Å². The van der Waals surface area contributed by atoms with Crippen molar-refractivity contribution < 1.29 is 9.84 Å². The maximum absolute atomic E-state index is 9.39. The first-order valence-electron chi connectivity index (χ1n) is 5.12. The lowest BCUT2D eigenvalue weighted by Gasteiger charge is -2.21. The number of aliphatic hydroxyl groups is 1. The van der Waals surface area contributed by atoms with E-state index in [2.05, 4.69) is 0 Å². The van der Waals surface area contributed by atoms with E-state index in [1.165, 1.54) is 0 Å². The van der Waals surface area contributed by atoms with Crippen molar-refractivity contribution in [1.29, 1.82) is 0 Å². The predicted molar refractivity (Wildman–Crippen MR) is 49.1 cm³/mol. The lowest BCUT2D eigenvalue weighted by atomic mass is 9.97. The van der Waals surface area contributed by atoms with Gasteiger partial charge in [0, 0.05) is 6.61 Å². The number of hydrogen-bond acceptors (Lipinski definition) is 2. The molecule has 1 aliphatic rings. The molecule has 0 unspecified atom stereocenters.